The van der Waals surface area contributed by atoms with Crippen molar-refractivity contribution >= 4 is 33.6 Å². The zero-order chi connectivity index (χ0) is 12.3. The van der Waals surface area contributed by atoms with E-state index in [1.165, 1.54) is 12.1 Å². The molecule has 1 fully saturated rings. The van der Waals surface area contributed by atoms with Crippen molar-refractivity contribution in [3.8, 4) is 0 Å². The summed E-state index contributed by atoms with van der Waals surface area (Å²) >= 11 is 5.07. The minimum atomic E-state index is -0.478. The highest BCUT2D eigenvalue weighted by Gasteiger charge is 2.19. The lowest BCUT2D eigenvalue weighted by atomic mass is 10.1. The molecule has 1 N–H and O–H groups in total. The summed E-state index contributed by atoms with van der Waals surface area (Å²) in [6.45, 7) is 0. The molecule has 2 rings (SSSR count). The molecular formula is C12H13BrFNOS. The number of amides is 1. The van der Waals surface area contributed by atoms with Crippen molar-refractivity contribution in [1.29, 1.82) is 0 Å². The van der Waals surface area contributed by atoms with Crippen molar-refractivity contribution in [3.63, 3.8) is 0 Å². The van der Waals surface area contributed by atoms with Crippen LogP contribution in [0.5, 0.6) is 0 Å². The Bertz CT molecular complexity index is 421. The van der Waals surface area contributed by atoms with Gasteiger partial charge in [0, 0.05) is 16.3 Å². The van der Waals surface area contributed by atoms with E-state index in [1.807, 2.05) is 11.8 Å². The predicted octanol–water partition coefficient (Wildman–Crippen LogP) is 3.21. The summed E-state index contributed by atoms with van der Waals surface area (Å²) in [5.74, 6) is 1.27. The van der Waals surface area contributed by atoms with Crippen LogP contribution in [0.2, 0.25) is 0 Å². The molecule has 1 atom stereocenters. The lowest BCUT2D eigenvalue weighted by molar-refractivity contribution is 0.0934. The highest BCUT2D eigenvalue weighted by Crippen LogP contribution is 2.19. The molecule has 1 unspecified atom stereocenters. The van der Waals surface area contributed by atoms with E-state index in [9.17, 15) is 9.18 Å². The number of rotatable bonds is 2. The average molecular weight is 318 g/mol. The van der Waals surface area contributed by atoms with Crippen LogP contribution in [0.1, 0.15) is 23.2 Å². The summed E-state index contributed by atoms with van der Waals surface area (Å²) in [6.07, 6.45) is 2.09. The first-order valence-corrected chi connectivity index (χ1v) is 7.45. The van der Waals surface area contributed by atoms with E-state index in [2.05, 4.69) is 21.2 Å². The van der Waals surface area contributed by atoms with Gasteiger partial charge in [0.25, 0.3) is 5.91 Å². The van der Waals surface area contributed by atoms with Gasteiger partial charge in [0.15, 0.2) is 0 Å². The van der Waals surface area contributed by atoms with Gasteiger partial charge in [-0.1, -0.05) is 15.9 Å². The summed E-state index contributed by atoms with van der Waals surface area (Å²) in [5, 5.41) is 2.88. The zero-order valence-electron chi connectivity index (χ0n) is 9.21. The first-order valence-electron chi connectivity index (χ1n) is 5.50. The van der Waals surface area contributed by atoms with Crippen molar-refractivity contribution in [2.45, 2.75) is 18.9 Å². The van der Waals surface area contributed by atoms with Crippen LogP contribution < -0.4 is 5.32 Å². The van der Waals surface area contributed by atoms with Gasteiger partial charge in [-0.3, -0.25) is 4.79 Å². The molecule has 92 valence electrons. The van der Waals surface area contributed by atoms with Gasteiger partial charge in [-0.15, -0.1) is 0 Å². The second-order valence-corrected chi connectivity index (χ2v) is 6.08. The van der Waals surface area contributed by atoms with Crippen LogP contribution in [0.15, 0.2) is 22.7 Å². The Labute approximate surface area is 112 Å². The monoisotopic (exact) mass is 317 g/mol. The lowest BCUT2D eigenvalue weighted by Gasteiger charge is -2.22. The summed E-state index contributed by atoms with van der Waals surface area (Å²) in [6, 6.07) is 4.57. The first kappa shape index (κ1) is 12.9. The zero-order valence-corrected chi connectivity index (χ0v) is 11.6. The lowest BCUT2D eigenvalue weighted by Crippen LogP contribution is -2.38. The molecule has 5 heteroatoms. The van der Waals surface area contributed by atoms with Crippen molar-refractivity contribution < 1.29 is 9.18 Å². The molecule has 1 aliphatic rings. The van der Waals surface area contributed by atoms with Crippen molar-refractivity contribution in [2.24, 2.45) is 0 Å². The Morgan fingerprint density at radius 3 is 3.06 bits per heavy atom. The summed E-state index contributed by atoms with van der Waals surface area (Å²) in [4.78, 5) is 11.9. The summed E-state index contributed by atoms with van der Waals surface area (Å²) in [7, 11) is 0. The number of nitrogens with one attached hydrogen (secondary N) is 1. The van der Waals surface area contributed by atoms with Gasteiger partial charge in [0.2, 0.25) is 0 Å². The van der Waals surface area contributed by atoms with Gasteiger partial charge < -0.3 is 5.32 Å². The second kappa shape index (κ2) is 5.87. The molecule has 0 spiro atoms. The van der Waals surface area contributed by atoms with Gasteiger partial charge >= 0.3 is 0 Å². The van der Waals surface area contributed by atoms with E-state index in [0.717, 1.165) is 24.3 Å². The van der Waals surface area contributed by atoms with E-state index < -0.39 is 5.82 Å². The number of hydrogen-bond acceptors (Lipinski definition) is 2. The number of benzene rings is 1. The standard InChI is InChI=1S/C12H13BrFNOS/c13-8-3-4-11(14)10(6-8)12(16)15-9-2-1-5-17-7-9/h3-4,6,9H,1-2,5,7H2,(H,15,16). The largest absolute Gasteiger partial charge is 0.348 e. The Morgan fingerprint density at radius 2 is 2.35 bits per heavy atom. The molecule has 1 heterocycles. The number of hydrogen-bond donors (Lipinski definition) is 1. The van der Waals surface area contributed by atoms with Crippen LogP contribution in [0.3, 0.4) is 0 Å². The Hall–Kier alpha value is -0.550. The van der Waals surface area contributed by atoms with Crippen molar-refractivity contribution in [3.05, 3.63) is 34.1 Å². The van der Waals surface area contributed by atoms with E-state index in [4.69, 9.17) is 0 Å². The fourth-order valence-corrected chi connectivity index (χ4v) is 3.22. The fraction of sp³-hybridized carbons (Fsp3) is 0.417. The first-order chi connectivity index (χ1) is 8.16. The van der Waals surface area contributed by atoms with Gasteiger partial charge in [0.1, 0.15) is 5.82 Å². The van der Waals surface area contributed by atoms with Gasteiger partial charge in [-0.25, -0.2) is 4.39 Å². The van der Waals surface area contributed by atoms with Crippen LogP contribution in [0.25, 0.3) is 0 Å². The molecule has 1 saturated heterocycles. The van der Waals surface area contributed by atoms with Crippen molar-refractivity contribution in [1.82, 2.24) is 5.32 Å². The highest BCUT2D eigenvalue weighted by atomic mass is 79.9. The fourth-order valence-electron chi connectivity index (χ4n) is 1.79. The van der Waals surface area contributed by atoms with E-state index in [0.29, 0.717) is 4.47 Å². The molecule has 0 aromatic heterocycles. The third-order valence-corrected chi connectivity index (χ3v) is 4.38. The molecule has 1 aromatic carbocycles. The third kappa shape index (κ3) is 3.45. The number of carbonyl (C=O) groups is 1. The molecule has 17 heavy (non-hydrogen) atoms. The number of thioether (sulfide) groups is 1. The van der Waals surface area contributed by atoms with Crippen LogP contribution in [-0.2, 0) is 0 Å². The number of halogens is 2. The van der Waals surface area contributed by atoms with Gasteiger partial charge in [-0.05, 0) is 36.8 Å². The van der Waals surface area contributed by atoms with Crippen LogP contribution in [0.4, 0.5) is 4.39 Å². The predicted molar refractivity (Wildman–Crippen MR) is 71.9 cm³/mol. The molecule has 1 aromatic rings. The quantitative estimate of drug-likeness (QED) is 0.907. The van der Waals surface area contributed by atoms with Crippen LogP contribution in [-0.4, -0.2) is 23.5 Å². The normalized spacial score (nSPS) is 20.0. The maximum atomic E-state index is 13.5. The Balaban J connectivity index is 2.05. The Morgan fingerprint density at radius 1 is 1.53 bits per heavy atom. The van der Waals surface area contributed by atoms with Gasteiger partial charge in [-0.2, -0.15) is 11.8 Å². The molecule has 0 saturated carbocycles. The van der Waals surface area contributed by atoms with Crippen molar-refractivity contribution in [2.75, 3.05) is 11.5 Å². The van der Waals surface area contributed by atoms with Gasteiger partial charge in [0.05, 0.1) is 5.56 Å². The number of carbonyl (C=O) groups excluding carboxylic acids is 1. The van der Waals surface area contributed by atoms with E-state index in [1.54, 1.807) is 6.07 Å². The Kier molecular flexibility index (Phi) is 4.45. The molecule has 0 bridgehead atoms. The molecule has 2 nitrogen and oxygen atoms in total. The molecular weight excluding hydrogens is 305 g/mol. The summed E-state index contributed by atoms with van der Waals surface area (Å²) in [5.41, 5.74) is 0.106. The minimum Gasteiger partial charge on any atom is -0.348 e. The topological polar surface area (TPSA) is 29.1 Å². The maximum absolute atomic E-state index is 13.5. The molecule has 1 amide bonds. The highest BCUT2D eigenvalue weighted by molar-refractivity contribution is 9.10. The average Bonchev–Trinajstić information content (AvgIpc) is 2.33. The summed E-state index contributed by atoms with van der Waals surface area (Å²) < 4.78 is 14.2. The van der Waals surface area contributed by atoms with E-state index >= 15 is 0 Å². The molecule has 0 aliphatic carbocycles. The SMILES string of the molecule is O=C(NC1CCCSC1)c1cc(Br)ccc1F. The maximum Gasteiger partial charge on any atom is 0.254 e. The van der Waals surface area contributed by atoms with E-state index in [-0.39, 0.29) is 17.5 Å². The van der Waals surface area contributed by atoms with Crippen LogP contribution in [0, 0.1) is 5.82 Å². The van der Waals surface area contributed by atoms with Crippen LogP contribution >= 0.6 is 27.7 Å². The molecule has 0 radical (unpaired) electrons. The molecule has 1 aliphatic heterocycles. The minimum absolute atomic E-state index is 0.106. The third-order valence-electron chi connectivity index (χ3n) is 2.67. The smallest absolute Gasteiger partial charge is 0.254 e. The second-order valence-electron chi connectivity index (χ2n) is 4.01.